The van der Waals surface area contributed by atoms with Crippen LogP contribution >= 0.6 is 0 Å². The first-order chi connectivity index (χ1) is 17.8. The number of halogens is 3. The molecule has 4 aromatic carbocycles. The Morgan fingerprint density at radius 3 is 2.19 bits per heavy atom. The minimum absolute atomic E-state index is 0.0190. The fraction of sp³-hybridized carbons (Fsp3) is 0.100. The van der Waals surface area contributed by atoms with Crippen LogP contribution in [0.5, 0.6) is 5.75 Å². The molecule has 7 heteroatoms. The molecule has 0 unspecified atom stereocenters. The van der Waals surface area contributed by atoms with Crippen molar-refractivity contribution in [2.45, 2.75) is 12.7 Å². The Hall–Kier alpha value is -4.52. The van der Waals surface area contributed by atoms with Gasteiger partial charge in [-0.2, -0.15) is 13.2 Å². The zero-order chi connectivity index (χ0) is 26.2. The van der Waals surface area contributed by atoms with E-state index >= 15 is 0 Å². The maximum atomic E-state index is 13.3. The van der Waals surface area contributed by atoms with Crippen molar-refractivity contribution in [2.75, 3.05) is 7.11 Å². The average Bonchev–Trinajstić information content (AvgIpc) is 3.22. The Labute approximate surface area is 211 Å². The maximum absolute atomic E-state index is 13.3. The fourth-order valence-electron chi connectivity index (χ4n) is 4.63. The van der Waals surface area contributed by atoms with Crippen molar-refractivity contribution < 1.29 is 27.8 Å². The number of carboxylic acid groups (broad SMARTS) is 1. The van der Waals surface area contributed by atoms with Gasteiger partial charge in [0, 0.05) is 23.0 Å². The zero-order valence-electron chi connectivity index (χ0n) is 19.8. The number of rotatable bonds is 6. The van der Waals surface area contributed by atoms with Gasteiger partial charge in [0.15, 0.2) is 0 Å². The molecule has 5 aromatic rings. The summed E-state index contributed by atoms with van der Waals surface area (Å²) in [6.07, 6.45) is -4.49. The Morgan fingerprint density at radius 1 is 0.838 bits per heavy atom. The molecule has 0 aliphatic rings. The van der Waals surface area contributed by atoms with Gasteiger partial charge in [0.1, 0.15) is 11.4 Å². The molecule has 0 atom stereocenters. The van der Waals surface area contributed by atoms with E-state index in [1.54, 1.807) is 17.7 Å². The third kappa shape index (κ3) is 4.68. The van der Waals surface area contributed by atoms with Crippen LogP contribution in [0.2, 0.25) is 0 Å². The summed E-state index contributed by atoms with van der Waals surface area (Å²) in [6.45, 7) is -0.0310. The zero-order valence-corrected chi connectivity index (χ0v) is 19.8. The van der Waals surface area contributed by atoms with E-state index in [0.29, 0.717) is 27.6 Å². The molecule has 0 fully saturated rings. The van der Waals surface area contributed by atoms with Gasteiger partial charge < -0.3 is 14.4 Å². The first kappa shape index (κ1) is 24.2. The first-order valence-electron chi connectivity index (χ1n) is 11.5. The second kappa shape index (κ2) is 9.50. The van der Waals surface area contributed by atoms with E-state index < -0.39 is 17.7 Å². The molecule has 37 heavy (non-hydrogen) atoms. The number of nitrogens with zero attached hydrogens (tertiary/aromatic N) is 1. The molecule has 0 saturated carbocycles. The summed E-state index contributed by atoms with van der Waals surface area (Å²) in [5.41, 5.74) is 3.24. The number of methoxy groups -OCH3 is 1. The molecule has 0 aliphatic heterocycles. The molecule has 0 aliphatic carbocycles. The van der Waals surface area contributed by atoms with Crippen LogP contribution in [0, 0.1) is 0 Å². The number of aromatic carboxylic acids is 1. The van der Waals surface area contributed by atoms with Gasteiger partial charge >= 0.3 is 12.1 Å². The lowest BCUT2D eigenvalue weighted by Crippen LogP contribution is -2.11. The highest BCUT2D eigenvalue weighted by atomic mass is 19.4. The summed E-state index contributed by atoms with van der Waals surface area (Å²) in [7, 11) is 1.59. The number of carbonyl (C=O) groups is 1. The van der Waals surface area contributed by atoms with E-state index in [1.165, 1.54) is 6.07 Å². The van der Waals surface area contributed by atoms with Gasteiger partial charge in [-0.3, -0.25) is 0 Å². The fourth-order valence-corrected chi connectivity index (χ4v) is 4.63. The molecule has 1 aromatic heterocycles. The average molecular weight is 502 g/mol. The van der Waals surface area contributed by atoms with Crippen LogP contribution in [0.1, 0.15) is 21.6 Å². The van der Waals surface area contributed by atoms with E-state index in [4.69, 9.17) is 4.74 Å². The molecule has 186 valence electrons. The topological polar surface area (TPSA) is 51.5 Å². The van der Waals surface area contributed by atoms with Gasteiger partial charge in [0.05, 0.1) is 12.7 Å². The van der Waals surface area contributed by atoms with Gasteiger partial charge in [-0.05, 0) is 58.7 Å². The maximum Gasteiger partial charge on any atom is 0.416 e. The lowest BCUT2D eigenvalue weighted by Gasteiger charge is -2.12. The van der Waals surface area contributed by atoms with Crippen molar-refractivity contribution in [3.8, 4) is 28.0 Å². The number of hydrogen-bond acceptors (Lipinski definition) is 2. The summed E-state index contributed by atoms with van der Waals surface area (Å²) in [5, 5.41) is 11.0. The van der Waals surface area contributed by atoms with E-state index in [9.17, 15) is 23.1 Å². The summed E-state index contributed by atoms with van der Waals surface area (Å²) in [6, 6.07) is 27.3. The molecule has 1 N–H and O–H groups in total. The lowest BCUT2D eigenvalue weighted by molar-refractivity contribution is -0.137. The van der Waals surface area contributed by atoms with Crippen molar-refractivity contribution in [1.29, 1.82) is 0 Å². The van der Waals surface area contributed by atoms with Crippen molar-refractivity contribution in [3.63, 3.8) is 0 Å². The molecular formula is C30H22F3NO3. The number of ether oxygens (including phenoxy) is 1. The van der Waals surface area contributed by atoms with Crippen LogP contribution in [0.4, 0.5) is 13.2 Å². The largest absolute Gasteiger partial charge is 0.497 e. The second-order valence-electron chi connectivity index (χ2n) is 8.64. The van der Waals surface area contributed by atoms with Crippen molar-refractivity contribution >= 4 is 16.9 Å². The quantitative estimate of drug-likeness (QED) is 0.259. The van der Waals surface area contributed by atoms with Crippen molar-refractivity contribution in [1.82, 2.24) is 4.57 Å². The number of alkyl halides is 3. The third-order valence-electron chi connectivity index (χ3n) is 6.35. The molecule has 0 radical (unpaired) electrons. The first-order valence-corrected chi connectivity index (χ1v) is 11.5. The summed E-state index contributed by atoms with van der Waals surface area (Å²) in [5.74, 6) is -0.441. The number of fused-ring (bicyclic) bond motifs is 1. The molecule has 5 rings (SSSR count). The SMILES string of the molecule is COc1ccc(-c2ccc3c(c2)c(-c2ccccc2)c(C(=O)O)n3Cc2cccc(C(F)(F)F)c2)cc1. The summed E-state index contributed by atoms with van der Waals surface area (Å²) in [4.78, 5) is 12.6. The van der Waals surface area contributed by atoms with Gasteiger partial charge in [-0.15, -0.1) is 0 Å². The third-order valence-corrected chi connectivity index (χ3v) is 6.35. The van der Waals surface area contributed by atoms with Crippen molar-refractivity contribution in [2.24, 2.45) is 0 Å². The standard InChI is InChI=1S/C30H22F3NO3/c1-37-24-13-10-20(11-14-24)22-12-15-26-25(17-22)27(21-7-3-2-4-8-21)28(29(35)36)34(26)18-19-6-5-9-23(16-19)30(31,32)33/h2-17H,18H2,1H3,(H,35,36). The predicted octanol–water partition coefficient (Wildman–Crippen LogP) is 7.75. The highest BCUT2D eigenvalue weighted by Gasteiger charge is 2.31. The van der Waals surface area contributed by atoms with Gasteiger partial charge in [0.2, 0.25) is 0 Å². The van der Waals surface area contributed by atoms with Gasteiger partial charge in [0.25, 0.3) is 0 Å². The number of aromatic nitrogens is 1. The number of benzene rings is 4. The Kier molecular flexibility index (Phi) is 6.21. The molecule has 0 spiro atoms. The molecule has 4 nitrogen and oxygen atoms in total. The highest BCUT2D eigenvalue weighted by molar-refractivity contribution is 6.09. The Bertz CT molecular complexity index is 1590. The highest BCUT2D eigenvalue weighted by Crippen LogP contribution is 2.38. The number of carboxylic acids is 1. The molecular weight excluding hydrogens is 479 g/mol. The van der Waals surface area contributed by atoms with Crippen LogP contribution < -0.4 is 4.74 Å². The van der Waals surface area contributed by atoms with Crippen LogP contribution in [0.15, 0.2) is 97.1 Å². The minimum atomic E-state index is -4.49. The summed E-state index contributed by atoms with van der Waals surface area (Å²) >= 11 is 0. The second-order valence-corrected chi connectivity index (χ2v) is 8.64. The molecule has 1 heterocycles. The van der Waals surface area contributed by atoms with Crippen LogP contribution in [-0.4, -0.2) is 22.8 Å². The van der Waals surface area contributed by atoms with Gasteiger partial charge in [-0.1, -0.05) is 60.7 Å². The van der Waals surface area contributed by atoms with E-state index in [1.807, 2.05) is 72.8 Å². The lowest BCUT2D eigenvalue weighted by atomic mass is 9.98. The Morgan fingerprint density at radius 2 is 1.54 bits per heavy atom. The van der Waals surface area contributed by atoms with Crippen molar-refractivity contribution in [3.05, 3.63) is 114 Å². The van der Waals surface area contributed by atoms with E-state index in [-0.39, 0.29) is 12.2 Å². The normalized spacial score (nSPS) is 11.6. The van der Waals surface area contributed by atoms with E-state index in [0.717, 1.165) is 29.0 Å². The van der Waals surface area contributed by atoms with Crippen LogP contribution in [0.3, 0.4) is 0 Å². The van der Waals surface area contributed by atoms with E-state index in [2.05, 4.69) is 0 Å². The number of hydrogen-bond donors (Lipinski definition) is 1. The summed E-state index contributed by atoms with van der Waals surface area (Å²) < 4.78 is 46.8. The monoisotopic (exact) mass is 501 g/mol. The Balaban J connectivity index is 1.74. The smallest absolute Gasteiger partial charge is 0.416 e. The minimum Gasteiger partial charge on any atom is -0.497 e. The van der Waals surface area contributed by atoms with Gasteiger partial charge in [-0.25, -0.2) is 4.79 Å². The van der Waals surface area contributed by atoms with Crippen LogP contribution in [0.25, 0.3) is 33.2 Å². The molecule has 0 amide bonds. The molecule has 0 bridgehead atoms. The molecule has 0 saturated heterocycles. The predicted molar refractivity (Wildman–Crippen MR) is 137 cm³/mol. The van der Waals surface area contributed by atoms with Crippen LogP contribution in [-0.2, 0) is 12.7 Å².